The van der Waals surface area contributed by atoms with E-state index in [9.17, 15) is 9.59 Å². The Morgan fingerprint density at radius 3 is 2.78 bits per heavy atom. The maximum Gasteiger partial charge on any atom is 0.261 e. The molecular weight excluding hydrogens is 391 g/mol. The topological polar surface area (TPSA) is 106 Å². The highest BCUT2D eigenvalue weighted by Gasteiger charge is 2.15. The molecule has 4 rings (SSSR count). The summed E-state index contributed by atoms with van der Waals surface area (Å²) >= 11 is 11.7. The van der Waals surface area contributed by atoms with Crippen LogP contribution in [-0.4, -0.2) is 30.6 Å². The van der Waals surface area contributed by atoms with Gasteiger partial charge in [0, 0.05) is 6.20 Å². The lowest BCUT2D eigenvalue weighted by molar-refractivity contribution is 0.102. The summed E-state index contributed by atoms with van der Waals surface area (Å²) in [5, 5.41) is 7.65. The molecule has 0 atom stereocenters. The first-order valence-electron chi connectivity index (χ1n) is 7.68. The van der Waals surface area contributed by atoms with Crippen molar-refractivity contribution in [2.24, 2.45) is 0 Å². The van der Waals surface area contributed by atoms with Gasteiger partial charge >= 0.3 is 0 Å². The molecule has 0 radical (unpaired) electrons. The van der Waals surface area contributed by atoms with Crippen LogP contribution in [0.1, 0.15) is 10.4 Å². The van der Waals surface area contributed by atoms with Crippen LogP contribution in [0.15, 0.2) is 53.8 Å². The summed E-state index contributed by atoms with van der Waals surface area (Å²) in [6, 6.07) is 8.43. The van der Waals surface area contributed by atoms with Crippen LogP contribution in [-0.2, 0) is 0 Å². The molecule has 4 aromatic rings. The number of amides is 1. The van der Waals surface area contributed by atoms with Crippen LogP contribution in [0.4, 0.5) is 5.69 Å². The van der Waals surface area contributed by atoms with Gasteiger partial charge in [-0.05, 0) is 18.2 Å². The maximum atomic E-state index is 12.6. The van der Waals surface area contributed by atoms with E-state index in [1.807, 2.05) is 0 Å². The molecule has 0 aliphatic carbocycles. The summed E-state index contributed by atoms with van der Waals surface area (Å²) in [6.45, 7) is 0. The number of pyridine rings is 1. The normalized spacial score (nSPS) is 10.9. The number of aromatic nitrogens is 5. The third-order valence-electron chi connectivity index (χ3n) is 3.81. The van der Waals surface area contributed by atoms with Crippen molar-refractivity contribution in [3.05, 3.63) is 75.1 Å². The van der Waals surface area contributed by atoms with Crippen LogP contribution in [0.5, 0.6) is 0 Å². The summed E-state index contributed by atoms with van der Waals surface area (Å²) in [6.07, 6.45) is 4.05. The van der Waals surface area contributed by atoms with Crippen LogP contribution in [0.25, 0.3) is 16.7 Å². The van der Waals surface area contributed by atoms with Crippen molar-refractivity contribution in [1.82, 2.24) is 24.7 Å². The summed E-state index contributed by atoms with van der Waals surface area (Å²) < 4.78 is 1.48. The molecule has 0 spiro atoms. The summed E-state index contributed by atoms with van der Waals surface area (Å²) in [5.41, 5.74) is 1.35. The molecule has 3 heterocycles. The minimum absolute atomic E-state index is 0.118. The predicted molar refractivity (Wildman–Crippen MR) is 102 cm³/mol. The van der Waals surface area contributed by atoms with Crippen molar-refractivity contribution < 1.29 is 4.79 Å². The standard InChI is InChI=1S/C17H10Cl2N6O2/c18-11-5-9(6-20-14(11)19)16(26)24-12-3-1-2-4-13(12)25-15-10(7-23-25)17(27)22-8-21-15/h1-8H,(H,24,26)(H,21,22,27). The minimum atomic E-state index is -0.421. The highest BCUT2D eigenvalue weighted by atomic mass is 35.5. The number of fused-ring (bicyclic) bond motifs is 1. The summed E-state index contributed by atoms with van der Waals surface area (Å²) in [7, 11) is 0. The second-order valence-electron chi connectivity index (χ2n) is 5.49. The molecule has 0 saturated carbocycles. The average Bonchev–Trinajstić information content (AvgIpc) is 3.10. The summed E-state index contributed by atoms with van der Waals surface area (Å²) in [4.78, 5) is 35.0. The molecule has 27 heavy (non-hydrogen) atoms. The Morgan fingerprint density at radius 1 is 1.15 bits per heavy atom. The van der Waals surface area contributed by atoms with E-state index in [1.165, 1.54) is 29.5 Å². The molecule has 0 aliphatic rings. The molecule has 0 bridgehead atoms. The number of para-hydroxylation sites is 2. The van der Waals surface area contributed by atoms with Crippen LogP contribution in [0.2, 0.25) is 10.2 Å². The van der Waals surface area contributed by atoms with Gasteiger partial charge in [-0.3, -0.25) is 9.59 Å². The van der Waals surface area contributed by atoms with Gasteiger partial charge in [0.25, 0.3) is 11.5 Å². The first-order valence-corrected chi connectivity index (χ1v) is 8.43. The number of nitrogens with zero attached hydrogens (tertiary/aromatic N) is 4. The molecule has 0 unspecified atom stereocenters. The monoisotopic (exact) mass is 400 g/mol. The Morgan fingerprint density at radius 2 is 1.96 bits per heavy atom. The number of aromatic amines is 1. The number of rotatable bonds is 3. The molecule has 0 aliphatic heterocycles. The van der Waals surface area contributed by atoms with Gasteiger partial charge in [0.2, 0.25) is 0 Å². The predicted octanol–water partition coefficient (Wildman–Crippen LogP) is 3.06. The van der Waals surface area contributed by atoms with Crippen LogP contribution in [0.3, 0.4) is 0 Å². The highest BCUT2D eigenvalue weighted by Crippen LogP contribution is 2.24. The SMILES string of the molecule is O=C(Nc1ccccc1-n1ncc2c(=O)[nH]cnc21)c1cnc(Cl)c(Cl)c1. The van der Waals surface area contributed by atoms with E-state index in [1.54, 1.807) is 24.3 Å². The molecular formula is C17H10Cl2N6O2. The lowest BCUT2D eigenvalue weighted by Crippen LogP contribution is -2.15. The molecule has 3 aromatic heterocycles. The van der Waals surface area contributed by atoms with Gasteiger partial charge in [0.05, 0.1) is 34.5 Å². The molecule has 134 valence electrons. The van der Waals surface area contributed by atoms with E-state index in [0.717, 1.165) is 0 Å². The highest BCUT2D eigenvalue weighted by molar-refractivity contribution is 6.41. The smallest absolute Gasteiger partial charge is 0.261 e. The molecule has 0 fully saturated rings. The van der Waals surface area contributed by atoms with Crippen LogP contribution in [0, 0.1) is 0 Å². The fraction of sp³-hybridized carbons (Fsp3) is 0. The van der Waals surface area contributed by atoms with E-state index in [2.05, 4.69) is 25.4 Å². The van der Waals surface area contributed by atoms with Crippen molar-refractivity contribution in [3.8, 4) is 5.69 Å². The minimum Gasteiger partial charge on any atom is -0.320 e. The number of benzene rings is 1. The van der Waals surface area contributed by atoms with Gasteiger partial charge in [0.1, 0.15) is 10.5 Å². The van der Waals surface area contributed by atoms with Crippen molar-refractivity contribution in [2.75, 3.05) is 5.32 Å². The molecule has 0 saturated heterocycles. The number of H-pyrrole nitrogens is 1. The van der Waals surface area contributed by atoms with E-state index < -0.39 is 5.91 Å². The lowest BCUT2D eigenvalue weighted by atomic mass is 10.2. The molecule has 8 nitrogen and oxygen atoms in total. The van der Waals surface area contributed by atoms with Gasteiger partial charge in [-0.2, -0.15) is 5.10 Å². The Bertz CT molecular complexity index is 1230. The molecule has 10 heteroatoms. The first-order chi connectivity index (χ1) is 13.0. The van der Waals surface area contributed by atoms with Gasteiger partial charge in [0.15, 0.2) is 5.65 Å². The molecule has 1 amide bonds. The Kier molecular flexibility index (Phi) is 4.35. The molecule has 1 aromatic carbocycles. The fourth-order valence-corrected chi connectivity index (χ4v) is 2.81. The Hall–Kier alpha value is -3.23. The van der Waals surface area contributed by atoms with Gasteiger partial charge in [-0.1, -0.05) is 35.3 Å². The third-order valence-corrected chi connectivity index (χ3v) is 4.50. The second kappa shape index (κ2) is 6.82. The van der Waals surface area contributed by atoms with E-state index >= 15 is 0 Å². The Labute approximate surface area is 161 Å². The third kappa shape index (κ3) is 3.16. The number of nitrogens with one attached hydrogen (secondary N) is 2. The van der Waals surface area contributed by atoms with Crippen LogP contribution < -0.4 is 10.9 Å². The van der Waals surface area contributed by atoms with Gasteiger partial charge in [-0.15, -0.1) is 0 Å². The summed E-state index contributed by atoms with van der Waals surface area (Å²) in [5.74, 6) is -0.421. The molecule has 2 N–H and O–H groups in total. The quantitative estimate of drug-likeness (QED) is 0.514. The first kappa shape index (κ1) is 17.2. The number of halogens is 2. The number of anilines is 1. The van der Waals surface area contributed by atoms with E-state index in [4.69, 9.17) is 23.2 Å². The lowest BCUT2D eigenvalue weighted by Gasteiger charge is -2.11. The number of hydrogen-bond donors (Lipinski definition) is 2. The van der Waals surface area contributed by atoms with Gasteiger partial charge < -0.3 is 10.3 Å². The zero-order valence-electron chi connectivity index (χ0n) is 13.5. The van der Waals surface area contributed by atoms with E-state index in [0.29, 0.717) is 22.4 Å². The van der Waals surface area contributed by atoms with Crippen molar-refractivity contribution in [2.45, 2.75) is 0 Å². The zero-order chi connectivity index (χ0) is 19.0. The number of carbonyl (C=O) groups is 1. The van der Waals surface area contributed by atoms with Crippen molar-refractivity contribution in [1.29, 1.82) is 0 Å². The number of hydrogen-bond acceptors (Lipinski definition) is 5. The Balaban J connectivity index is 1.75. The maximum absolute atomic E-state index is 12.6. The van der Waals surface area contributed by atoms with E-state index in [-0.39, 0.29) is 21.3 Å². The van der Waals surface area contributed by atoms with Crippen molar-refractivity contribution in [3.63, 3.8) is 0 Å². The zero-order valence-corrected chi connectivity index (χ0v) is 15.0. The van der Waals surface area contributed by atoms with Crippen molar-refractivity contribution >= 4 is 45.8 Å². The largest absolute Gasteiger partial charge is 0.320 e. The van der Waals surface area contributed by atoms with Crippen LogP contribution >= 0.6 is 23.2 Å². The fourth-order valence-electron chi connectivity index (χ4n) is 2.54. The van der Waals surface area contributed by atoms with Gasteiger partial charge in [-0.25, -0.2) is 14.6 Å². The number of carbonyl (C=O) groups excluding carboxylic acids is 1. The average molecular weight is 401 g/mol. The second-order valence-corrected chi connectivity index (χ2v) is 6.26.